The Morgan fingerprint density at radius 2 is 2.00 bits per heavy atom. The van der Waals surface area contributed by atoms with Crippen LogP contribution in [-0.2, 0) is 15.0 Å². The van der Waals surface area contributed by atoms with Crippen LogP contribution in [0, 0.1) is 5.92 Å². The third kappa shape index (κ3) is 3.10. The van der Waals surface area contributed by atoms with Crippen molar-refractivity contribution in [2.75, 3.05) is 0 Å². The Hall–Kier alpha value is -1.36. The highest BCUT2D eigenvalue weighted by molar-refractivity contribution is 7.10. The summed E-state index contributed by atoms with van der Waals surface area (Å²) in [6.45, 7) is 6.98. The lowest BCUT2D eigenvalue weighted by molar-refractivity contribution is -0.142. The zero-order valence-electron chi connectivity index (χ0n) is 11.1. The molecule has 0 saturated heterocycles. The molecule has 0 bridgehead atoms. The van der Waals surface area contributed by atoms with E-state index in [1.807, 2.05) is 31.4 Å². The van der Waals surface area contributed by atoms with Crippen LogP contribution in [0.25, 0.3) is 0 Å². The van der Waals surface area contributed by atoms with Gasteiger partial charge in [-0.2, -0.15) is 0 Å². The molecule has 0 radical (unpaired) electrons. The topological polar surface area (TPSA) is 66.4 Å². The first-order chi connectivity index (χ1) is 8.26. The molecule has 2 N–H and O–H groups in total. The van der Waals surface area contributed by atoms with Crippen LogP contribution in [0.4, 0.5) is 0 Å². The molecule has 0 aliphatic heterocycles. The number of thiophene rings is 1. The van der Waals surface area contributed by atoms with Crippen LogP contribution in [0.15, 0.2) is 17.5 Å². The maximum Gasteiger partial charge on any atom is 0.308 e. The van der Waals surface area contributed by atoms with Crippen molar-refractivity contribution in [1.82, 2.24) is 5.32 Å². The van der Waals surface area contributed by atoms with Crippen molar-refractivity contribution in [3.8, 4) is 0 Å². The van der Waals surface area contributed by atoms with Gasteiger partial charge in [0.15, 0.2) is 0 Å². The van der Waals surface area contributed by atoms with Gasteiger partial charge in [-0.15, -0.1) is 11.3 Å². The molecule has 0 saturated carbocycles. The molecule has 5 heteroatoms. The summed E-state index contributed by atoms with van der Waals surface area (Å²) in [7, 11) is 0. The third-order valence-electron chi connectivity index (χ3n) is 3.20. The number of carboxylic acid groups (broad SMARTS) is 1. The summed E-state index contributed by atoms with van der Waals surface area (Å²) in [4.78, 5) is 24.0. The largest absolute Gasteiger partial charge is 0.481 e. The number of nitrogens with one attached hydrogen (secondary N) is 1. The molecule has 0 fully saturated rings. The van der Waals surface area contributed by atoms with Crippen LogP contribution in [-0.4, -0.2) is 23.0 Å². The van der Waals surface area contributed by atoms with Crippen LogP contribution in [0.1, 0.15) is 32.6 Å². The number of aliphatic carboxylic acids is 1. The van der Waals surface area contributed by atoms with Crippen LogP contribution in [0.5, 0.6) is 0 Å². The molecular weight excluding hydrogens is 250 g/mol. The first-order valence-electron chi connectivity index (χ1n) is 5.84. The number of carboxylic acids is 1. The number of carbonyl (C=O) groups excluding carboxylic acids is 1. The molecule has 100 valence electrons. The van der Waals surface area contributed by atoms with Crippen LogP contribution < -0.4 is 5.32 Å². The molecule has 0 aromatic carbocycles. The lowest BCUT2D eigenvalue weighted by Crippen LogP contribution is -2.47. The maximum absolute atomic E-state index is 12.2. The number of hydrogen-bond donors (Lipinski definition) is 2. The first kappa shape index (κ1) is 14.7. The summed E-state index contributed by atoms with van der Waals surface area (Å²) in [6, 6.07) is 3.42. The highest BCUT2D eigenvalue weighted by Crippen LogP contribution is 2.27. The summed E-state index contributed by atoms with van der Waals surface area (Å²) in [5.74, 6) is -1.66. The predicted molar refractivity (Wildman–Crippen MR) is 71.7 cm³/mol. The molecule has 1 aromatic heterocycles. The molecule has 18 heavy (non-hydrogen) atoms. The summed E-state index contributed by atoms with van der Waals surface area (Å²) < 4.78 is 0. The molecule has 1 aromatic rings. The smallest absolute Gasteiger partial charge is 0.308 e. The van der Waals surface area contributed by atoms with Crippen molar-refractivity contribution < 1.29 is 14.7 Å². The van der Waals surface area contributed by atoms with Gasteiger partial charge in [0.25, 0.3) is 0 Å². The second-order valence-corrected chi connectivity index (χ2v) is 5.94. The molecule has 0 aliphatic rings. The second-order valence-electron chi connectivity index (χ2n) is 4.99. The summed E-state index contributed by atoms with van der Waals surface area (Å²) >= 11 is 1.52. The first-order valence-corrected chi connectivity index (χ1v) is 6.72. The minimum Gasteiger partial charge on any atom is -0.481 e. The quantitative estimate of drug-likeness (QED) is 0.861. The van der Waals surface area contributed by atoms with Gasteiger partial charge in [0, 0.05) is 10.9 Å². The maximum atomic E-state index is 12.2. The molecule has 4 nitrogen and oxygen atoms in total. The highest BCUT2D eigenvalue weighted by Gasteiger charge is 2.33. The van der Waals surface area contributed by atoms with Gasteiger partial charge in [0.05, 0.1) is 11.3 Å². The van der Waals surface area contributed by atoms with Gasteiger partial charge in [-0.3, -0.25) is 9.59 Å². The van der Waals surface area contributed by atoms with Gasteiger partial charge in [-0.25, -0.2) is 0 Å². The zero-order valence-corrected chi connectivity index (χ0v) is 11.9. The SMILES string of the molecule is CC(NC(=O)C(C)(C)c1cccs1)C(C)C(=O)O. The fraction of sp³-hybridized carbons (Fsp3) is 0.538. The standard InChI is InChI=1S/C13H19NO3S/c1-8(11(15)16)9(2)14-12(17)13(3,4)10-6-5-7-18-10/h5-9H,1-4H3,(H,14,17)(H,15,16). The molecule has 1 amide bonds. The molecule has 0 aliphatic carbocycles. The summed E-state index contributed by atoms with van der Waals surface area (Å²) in [5.41, 5.74) is -0.638. The number of amides is 1. The van der Waals surface area contributed by atoms with Crippen molar-refractivity contribution in [2.45, 2.75) is 39.2 Å². The highest BCUT2D eigenvalue weighted by atomic mass is 32.1. The Morgan fingerprint density at radius 3 is 2.44 bits per heavy atom. The van der Waals surface area contributed by atoms with Crippen molar-refractivity contribution in [3.63, 3.8) is 0 Å². The van der Waals surface area contributed by atoms with Crippen molar-refractivity contribution in [2.24, 2.45) is 5.92 Å². The van der Waals surface area contributed by atoms with Gasteiger partial charge in [-0.05, 0) is 39.1 Å². The van der Waals surface area contributed by atoms with E-state index < -0.39 is 23.3 Å². The molecular formula is C13H19NO3S. The molecule has 0 spiro atoms. The Morgan fingerprint density at radius 1 is 1.39 bits per heavy atom. The van der Waals surface area contributed by atoms with Crippen molar-refractivity contribution in [1.29, 1.82) is 0 Å². The fourth-order valence-electron chi connectivity index (χ4n) is 1.47. The minimum absolute atomic E-state index is 0.148. The summed E-state index contributed by atoms with van der Waals surface area (Å²) in [6.07, 6.45) is 0. The zero-order chi connectivity index (χ0) is 13.9. The predicted octanol–water partition coefficient (Wildman–Crippen LogP) is 2.25. The number of carbonyl (C=O) groups is 2. The van der Waals surface area contributed by atoms with Crippen molar-refractivity contribution in [3.05, 3.63) is 22.4 Å². The van der Waals surface area contributed by atoms with Crippen LogP contribution in [0.2, 0.25) is 0 Å². The van der Waals surface area contributed by atoms with Gasteiger partial charge in [0.2, 0.25) is 5.91 Å². The van der Waals surface area contributed by atoms with Crippen LogP contribution in [0.3, 0.4) is 0 Å². The van der Waals surface area contributed by atoms with E-state index in [1.54, 1.807) is 13.8 Å². The number of rotatable bonds is 5. The molecule has 2 unspecified atom stereocenters. The van der Waals surface area contributed by atoms with Crippen LogP contribution >= 0.6 is 11.3 Å². The number of hydrogen-bond acceptors (Lipinski definition) is 3. The van der Waals surface area contributed by atoms with E-state index in [4.69, 9.17) is 5.11 Å². The molecule has 1 heterocycles. The van der Waals surface area contributed by atoms with Crippen molar-refractivity contribution >= 4 is 23.2 Å². The lowest BCUT2D eigenvalue weighted by Gasteiger charge is -2.26. The summed E-state index contributed by atoms with van der Waals surface area (Å²) in [5, 5.41) is 13.6. The van der Waals surface area contributed by atoms with Gasteiger partial charge < -0.3 is 10.4 Å². The normalized spacial score (nSPS) is 14.9. The fourth-order valence-corrected chi connectivity index (χ4v) is 2.32. The van der Waals surface area contributed by atoms with Gasteiger partial charge in [0.1, 0.15) is 0 Å². The third-order valence-corrected chi connectivity index (χ3v) is 4.40. The Kier molecular flexibility index (Phi) is 4.51. The minimum atomic E-state index is -0.906. The molecule has 2 atom stereocenters. The van der Waals surface area contributed by atoms with Gasteiger partial charge >= 0.3 is 5.97 Å². The van der Waals surface area contributed by atoms with E-state index in [-0.39, 0.29) is 5.91 Å². The van der Waals surface area contributed by atoms with E-state index in [9.17, 15) is 9.59 Å². The van der Waals surface area contributed by atoms with E-state index >= 15 is 0 Å². The van der Waals surface area contributed by atoms with E-state index in [0.717, 1.165) is 4.88 Å². The van der Waals surface area contributed by atoms with E-state index in [0.29, 0.717) is 0 Å². The Balaban J connectivity index is 2.74. The van der Waals surface area contributed by atoms with E-state index in [2.05, 4.69) is 5.32 Å². The average molecular weight is 269 g/mol. The monoisotopic (exact) mass is 269 g/mol. The molecule has 1 rings (SSSR count). The lowest BCUT2D eigenvalue weighted by atomic mass is 9.89. The Bertz CT molecular complexity index is 425. The van der Waals surface area contributed by atoms with Gasteiger partial charge in [-0.1, -0.05) is 6.07 Å². The van der Waals surface area contributed by atoms with E-state index in [1.165, 1.54) is 11.3 Å². The Labute approximate surface area is 111 Å². The average Bonchev–Trinajstić information content (AvgIpc) is 2.81. The second kappa shape index (κ2) is 5.52.